The van der Waals surface area contributed by atoms with Crippen molar-refractivity contribution in [2.45, 2.75) is 108 Å². The maximum absolute atomic E-state index is 14.3. The predicted molar refractivity (Wildman–Crippen MR) is 240 cm³/mol. The molecule has 7 heterocycles. The van der Waals surface area contributed by atoms with Gasteiger partial charge >= 0.3 is 11.7 Å². The number of hydrogen-bond acceptors (Lipinski definition) is 12. The molecule has 1 saturated carbocycles. The molecule has 1 aromatic carbocycles. The third-order valence-electron chi connectivity index (χ3n) is 14.0. The van der Waals surface area contributed by atoms with Crippen molar-refractivity contribution in [3.05, 3.63) is 70.2 Å². The Morgan fingerprint density at radius 2 is 1.88 bits per heavy atom. The number of nitrogens with one attached hydrogen (secondary N) is 2. The average molecular weight is 930 g/mol. The highest BCUT2D eigenvalue weighted by atomic mass is 19.3. The maximum Gasteiger partial charge on any atom is 0.329 e. The average Bonchev–Trinajstić information content (AvgIpc) is 3.50. The van der Waals surface area contributed by atoms with Gasteiger partial charge in [-0.2, -0.15) is 10.2 Å². The van der Waals surface area contributed by atoms with Gasteiger partial charge in [-0.25, -0.2) is 23.1 Å². The molecule has 0 radical (unpaired) electrons. The van der Waals surface area contributed by atoms with Crippen molar-refractivity contribution in [3.63, 3.8) is 0 Å². The minimum Gasteiger partial charge on any atom is -0.481 e. The van der Waals surface area contributed by atoms with E-state index in [1.807, 2.05) is 31.3 Å². The smallest absolute Gasteiger partial charge is 0.329 e. The molecule has 358 valence electrons. The number of carbonyl (C=O) groups excluding carboxylic acids is 3. The van der Waals surface area contributed by atoms with Gasteiger partial charge in [0, 0.05) is 58.7 Å². The van der Waals surface area contributed by atoms with Crippen LogP contribution in [0.5, 0.6) is 0 Å². The fourth-order valence-corrected chi connectivity index (χ4v) is 10.4. The van der Waals surface area contributed by atoms with Crippen LogP contribution in [0.3, 0.4) is 0 Å². The maximum atomic E-state index is 14.3. The van der Waals surface area contributed by atoms with Crippen LogP contribution >= 0.6 is 0 Å². The molecule has 4 aromatic heterocycles. The van der Waals surface area contributed by atoms with Crippen LogP contribution in [-0.2, 0) is 37.3 Å². The fourth-order valence-electron chi connectivity index (χ4n) is 10.4. The van der Waals surface area contributed by atoms with Crippen LogP contribution in [0.1, 0.15) is 105 Å². The van der Waals surface area contributed by atoms with Gasteiger partial charge in [0.2, 0.25) is 11.8 Å². The number of aromatic nitrogens is 7. The number of morpholine rings is 1. The number of halogens is 2. The number of rotatable bonds is 19. The number of benzene rings is 1. The number of nitrogens with zero attached hydrogens (tertiary/aromatic N) is 9. The lowest BCUT2D eigenvalue weighted by molar-refractivity contribution is -0.143. The summed E-state index contributed by atoms with van der Waals surface area (Å²) in [6, 6.07) is 6.70. The number of amides is 3. The Hall–Kier alpha value is -6.06. The number of carboxylic acid groups (broad SMARTS) is 1. The van der Waals surface area contributed by atoms with E-state index in [0.717, 1.165) is 23.9 Å². The highest BCUT2D eigenvalue weighted by Gasteiger charge is 2.53. The Bertz CT molecular complexity index is 2720. The number of alkyl halides is 2. The normalized spacial score (nSPS) is 23.4. The summed E-state index contributed by atoms with van der Waals surface area (Å²) in [6.07, 6.45) is 7.81. The van der Waals surface area contributed by atoms with Crippen LogP contribution in [0, 0.1) is 11.8 Å². The third-order valence-corrected chi connectivity index (χ3v) is 14.0. The summed E-state index contributed by atoms with van der Waals surface area (Å²) in [5.74, 6) is -1.88. The standard InChI is InChI=1S/C46H57F2N11O8/c1-26-40-35(67-40)25-56(26)36-17-18-57-42(51-36)31(21-49-57)43(61)50-32-24-58(53-38(32)41(47)48)30-13-11-27(12-14-30)22-54(2)23-29(45(63)64)9-6-20-66-19-5-8-28-7-4-10-33-39(28)55(3)46(65)59(33)34-15-16-37(60)52-44(34)62/h4,7,10,17-18,21,24,26-27,29-30,34-35,40-41H,5-6,8-9,11-16,19-20,22-23,25H2,1-3H3,(H,50,61)(H,63,64)(H,52,60,62)/t26-,27-,29?,30-,34?,35+,40?/m1/s1. The topological polar surface area (TPSA) is 216 Å². The van der Waals surface area contributed by atoms with Gasteiger partial charge in [-0.05, 0) is 95.4 Å². The second-order valence-electron chi connectivity index (χ2n) is 18.6. The highest BCUT2D eigenvalue weighted by molar-refractivity contribution is 6.08. The van der Waals surface area contributed by atoms with Crippen LogP contribution in [-0.4, -0.2) is 125 Å². The lowest BCUT2D eigenvalue weighted by Crippen LogP contribution is -2.44. The monoisotopic (exact) mass is 929 g/mol. The second-order valence-corrected chi connectivity index (χ2v) is 18.6. The van der Waals surface area contributed by atoms with Crippen LogP contribution in [0.2, 0.25) is 0 Å². The van der Waals surface area contributed by atoms with E-state index < -0.39 is 41.9 Å². The Morgan fingerprint density at radius 1 is 1.09 bits per heavy atom. The van der Waals surface area contributed by atoms with Crippen molar-refractivity contribution < 1.29 is 42.5 Å². The molecule has 4 fully saturated rings. The number of ether oxygens (including phenoxy) is 2. The zero-order valence-corrected chi connectivity index (χ0v) is 37.9. The van der Waals surface area contributed by atoms with Gasteiger partial charge in [0.1, 0.15) is 29.6 Å². The van der Waals surface area contributed by atoms with E-state index in [1.165, 1.54) is 21.5 Å². The molecular formula is C46H57F2N11O8. The van der Waals surface area contributed by atoms with Crippen molar-refractivity contribution >= 4 is 51.9 Å². The molecule has 19 nitrogen and oxygen atoms in total. The number of aliphatic carboxylic acids is 1. The molecule has 1 aliphatic carbocycles. The van der Waals surface area contributed by atoms with E-state index in [2.05, 4.69) is 37.6 Å². The fraction of sp³-hybridized carbons (Fsp3) is 0.565. The number of carboxylic acids is 1. The molecule has 0 spiro atoms. The molecule has 3 amide bonds. The minimum atomic E-state index is -2.91. The van der Waals surface area contributed by atoms with Gasteiger partial charge in [-0.3, -0.25) is 38.3 Å². The van der Waals surface area contributed by atoms with E-state index in [9.17, 15) is 37.9 Å². The van der Waals surface area contributed by atoms with Crippen LogP contribution in [0.25, 0.3) is 16.7 Å². The van der Waals surface area contributed by atoms with Crippen molar-refractivity contribution in [1.82, 2.24) is 43.7 Å². The van der Waals surface area contributed by atoms with Gasteiger partial charge in [-0.15, -0.1) is 0 Å². The van der Waals surface area contributed by atoms with Crippen molar-refractivity contribution in [2.75, 3.05) is 50.1 Å². The van der Waals surface area contributed by atoms with E-state index in [4.69, 9.17) is 14.5 Å². The first-order valence-corrected chi connectivity index (χ1v) is 23.2. The van der Waals surface area contributed by atoms with Crippen LogP contribution in [0.15, 0.2) is 47.7 Å². The van der Waals surface area contributed by atoms with Gasteiger partial charge in [0.05, 0.1) is 40.9 Å². The van der Waals surface area contributed by atoms with E-state index in [0.29, 0.717) is 94.3 Å². The number of para-hydroxylation sites is 1. The summed E-state index contributed by atoms with van der Waals surface area (Å²) in [5.41, 5.74) is 1.92. The molecule has 0 bridgehead atoms. The molecule has 4 aliphatic rings. The summed E-state index contributed by atoms with van der Waals surface area (Å²) >= 11 is 0. The number of aryl methyl sites for hydroxylation is 2. The molecule has 67 heavy (non-hydrogen) atoms. The SMILES string of the molecule is C[C@@H]1C2O[C@H]2CN1c1ccn2ncc(C(=O)Nc3cn([C@H]4CC[C@H](CN(C)CC(CCCOCCCc5cccc6c5n(C)c(=O)n6C5CCC(=O)NC5=O)C(=O)O)CC4)nc3C(F)F)c2n1. The Balaban J connectivity index is 0.713. The van der Waals surface area contributed by atoms with Crippen LogP contribution < -0.4 is 21.2 Å². The number of imide groups is 1. The molecule has 21 heteroatoms. The molecule has 3 aliphatic heterocycles. The number of epoxide rings is 1. The number of fused-ring (bicyclic) bond motifs is 3. The molecule has 5 aromatic rings. The summed E-state index contributed by atoms with van der Waals surface area (Å²) in [5, 5.41) is 23.5. The Kier molecular flexibility index (Phi) is 13.3. The number of anilines is 2. The number of imidazole rings is 1. The quantitative estimate of drug-likeness (QED) is 0.0591. The summed E-state index contributed by atoms with van der Waals surface area (Å²) in [6.45, 7) is 4.71. The predicted octanol–water partition coefficient (Wildman–Crippen LogP) is 4.52. The van der Waals surface area contributed by atoms with Gasteiger partial charge < -0.3 is 29.7 Å². The number of carbonyl (C=O) groups is 4. The highest BCUT2D eigenvalue weighted by Crippen LogP contribution is 2.39. The van der Waals surface area contributed by atoms with Gasteiger partial charge in [0.25, 0.3) is 12.3 Å². The lowest BCUT2D eigenvalue weighted by atomic mass is 9.85. The zero-order valence-electron chi connectivity index (χ0n) is 37.9. The number of hydrogen-bond donors (Lipinski definition) is 3. The number of piperidine rings is 1. The largest absolute Gasteiger partial charge is 0.481 e. The van der Waals surface area contributed by atoms with Crippen molar-refractivity contribution in [1.29, 1.82) is 0 Å². The first-order valence-electron chi connectivity index (χ1n) is 23.2. The van der Waals surface area contributed by atoms with Crippen LogP contribution in [0.4, 0.5) is 20.3 Å². The van der Waals surface area contributed by atoms with Crippen molar-refractivity contribution in [2.24, 2.45) is 18.9 Å². The second kappa shape index (κ2) is 19.3. The molecule has 3 saturated heterocycles. The molecular weight excluding hydrogens is 873 g/mol. The molecule has 5 atom stereocenters. The summed E-state index contributed by atoms with van der Waals surface area (Å²) in [4.78, 5) is 72.2. The summed E-state index contributed by atoms with van der Waals surface area (Å²) < 4.78 is 46.2. The van der Waals surface area contributed by atoms with E-state index in [-0.39, 0.29) is 60.0 Å². The lowest BCUT2D eigenvalue weighted by Gasteiger charge is -2.32. The first-order chi connectivity index (χ1) is 32.2. The zero-order chi connectivity index (χ0) is 47.1. The summed E-state index contributed by atoms with van der Waals surface area (Å²) in [7, 11) is 3.60. The van der Waals surface area contributed by atoms with Gasteiger partial charge in [-0.1, -0.05) is 12.1 Å². The Morgan fingerprint density at radius 3 is 2.61 bits per heavy atom. The molecule has 3 N–H and O–H groups in total. The van der Waals surface area contributed by atoms with Gasteiger partial charge in [0.15, 0.2) is 11.3 Å². The Labute approximate surface area is 384 Å². The minimum absolute atomic E-state index is 0.0590. The third kappa shape index (κ3) is 9.58. The van der Waals surface area contributed by atoms with E-state index >= 15 is 0 Å². The molecule has 3 unspecified atom stereocenters. The van der Waals surface area contributed by atoms with E-state index in [1.54, 1.807) is 22.5 Å². The molecule has 9 rings (SSSR count). The first kappa shape index (κ1) is 46.1. The van der Waals surface area contributed by atoms with Crippen molar-refractivity contribution in [3.8, 4) is 0 Å².